The van der Waals surface area contributed by atoms with Crippen molar-refractivity contribution in [1.82, 2.24) is 0 Å². The molecule has 79 valence electrons. The molecule has 0 spiro atoms. The van der Waals surface area contributed by atoms with Gasteiger partial charge in [0.25, 0.3) is 0 Å². The van der Waals surface area contributed by atoms with Crippen LogP contribution in [-0.2, 0) is 4.74 Å². The van der Waals surface area contributed by atoms with Crippen molar-refractivity contribution in [3.63, 3.8) is 0 Å². The lowest BCUT2D eigenvalue weighted by Crippen LogP contribution is -2.11. The highest BCUT2D eigenvalue weighted by molar-refractivity contribution is 4.59. The van der Waals surface area contributed by atoms with Gasteiger partial charge in [-0.2, -0.15) is 0 Å². The largest absolute Gasteiger partial charge is 0.379 e. The van der Waals surface area contributed by atoms with E-state index in [1.165, 1.54) is 38.5 Å². The van der Waals surface area contributed by atoms with E-state index >= 15 is 0 Å². The van der Waals surface area contributed by atoms with Crippen molar-refractivity contribution in [3.8, 4) is 0 Å². The summed E-state index contributed by atoms with van der Waals surface area (Å²) in [5.74, 6) is 0. The zero-order valence-electron chi connectivity index (χ0n) is 9.35. The molecule has 1 unspecified atom stereocenters. The smallest absolute Gasteiger partial charge is 0.0575 e. The van der Waals surface area contributed by atoms with Crippen molar-refractivity contribution in [1.29, 1.82) is 0 Å². The molecule has 13 heavy (non-hydrogen) atoms. The Kier molecular flexibility index (Phi) is 10.0. The summed E-state index contributed by atoms with van der Waals surface area (Å²) in [7, 11) is 0. The third-order valence-corrected chi connectivity index (χ3v) is 2.35. The zero-order valence-corrected chi connectivity index (χ0v) is 9.35. The van der Waals surface area contributed by atoms with Gasteiger partial charge in [-0.15, -0.1) is 0 Å². The van der Waals surface area contributed by atoms with Crippen molar-refractivity contribution in [3.05, 3.63) is 6.92 Å². The molecule has 1 atom stereocenters. The summed E-state index contributed by atoms with van der Waals surface area (Å²) in [6, 6.07) is 0. The van der Waals surface area contributed by atoms with E-state index in [0.29, 0.717) is 6.10 Å². The van der Waals surface area contributed by atoms with Crippen LogP contribution >= 0.6 is 0 Å². The van der Waals surface area contributed by atoms with Gasteiger partial charge in [0.2, 0.25) is 0 Å². The second kappa shape index (κ2) is 10.0. The van der Waals surface area contributed by atoms with Gasteiger partial charge in [0.05, 0.1) is 6.10 Å². The van der Waals surface area contributed by atoms with Crippen LogP contribution in [0.15, 0.2) is 0 Å². The number of ether oxygens (including phenoxy) is 1. The fraction of sp³-hybridized carbons (Fsp3) is 0.917. The van der Waals surface area contributed by atoms with Gasteiger partial charge in [0.1, 0.15) is 0 Å². The summed E-state index contributed by atoms with van der Waals surface area (Å²) in [6.45, 7) is 9.03. The van der Waals surface area contributed by atoms with Crippen molar-refractivity contribution < 1.29 is 4.74 Å². The Morgan fingerprint density at radius 2 is 1.77 bits per heavy atom. The molecule has 0 aromatic rings. The fourth-order valence-electron chi connectivity index (χ4n) is 1.52. The Labute approximate surface area is 83.9 Å². The van der Waals surface area contributed by atoms with E-state index in [2.05, 4.69) is 20.8 Å². The minimum atomic E-state index is 0.409. The fourth-order valence-corrected chi connectivity index (χ4v) is 1.52. The maximum atomic E-state index is 5.54. The monoisotopic (exact) mass is 185 g/mol. The summed E-state index contributed by atoms with van der Waals surface area (Å²) >= 11 is 0. The van der Waals surface area contributed by atoms with Crippen molar-refractivity contribution in [2.45, 2.75) is 64.9 Å². The molecule has 0 rings (SSSR count). The quantitative estimate of drug-likeness (QED) is 0.494. The van der Waals surface area contributed by atoms with Gasteiger partial charge in [0.15, 0.2) is 0 Å². The lowest BCUT2D eigenvalue weighted by atomic mass is 10.1. The Hall–Kier alpha value is -0.0400. The molecule has 0 aliphatic carbocycles. The van der Waals surface area contributed by atoms with Crippen LogP contribution in [0.2, 0.25) is 0 Å². The molecule has 1 heteroatoms. The molecule has 0 saturated heterocycles. The van der Waals surface area contributed by atoms with Gasteiger partial charge in [-0.1, -0.05) is 46.0 Å². The normalized spacial score (nSPS) is 13.2. The molecule has 0 aliphatic rings. The molecular formula is C12H25O. The average molecular weight is 185 g/mol. The van der Waals surface area contributed by atoms with Crippen molar-refractivity contribution in [2.24, 2.45) is 0 Å². The molecule has 1 radical (unpaired) electrons. The second-order valence-corrected chi connectivity index (χ2v) is 3.57. The van der Waals surface area contributed by atoms with Crippen molar-refractivity contribution >= 4 is 0 Å². The Bertz CT molecular complexity index is 91.1. The van der Waals surface area contributed by atoms with E-state index in [4.69, 9.17) is 4.74 Å². The Balaban J connectivity index is 3.17. The van der Waals surface area contributed by atoms with Gasteiger partial charge in [-0.3, -0.25) is 0 Å². The van der Waals surface area contributed by atoms with Gasteiger partial charge >= 0.3 is 0 Å². The van der Waals surface area contributed by atoms with E-state index in [-0.39, 0.29) is 0 Å². The topological polar surface area (TPSA) is 9.23 Å². The molecule has 0 aromatic heterocycles. The van der Waals surface area contributed by atoms with Crippen LogP contribution in [0, 0.1) is 6.92 Å². The van der Waals surface area contributed by atoms with E-state index in [9.17, 15) is 0 Å². The molecule has 0 N–H and O–H groups in total. The molecule has 0 aliphatic heterocycles. The standard InChI is InChI=1S/C12H25O/c1-4-7-8-9-10-11-12(5-2)13-6-3/h12H,2,4-11H2,1,3H3. The first-order valence-corrected chi connectivity index (χ1v) is 5.76. The lowest BCUT2D eigenvalue weighted by molar-refractivity contribution is 0.0566. The van der Waals surface area contributed by atoms with Gasteiger partial charge in [-0.25, -0.2) is 0 Å². The van der Waals surface area contributed by atoms with Crippen LogP contribution in [0.3, 0.4) is 0 Å². The molecule has 0 aromatic carbocycles. The number of rotatable bonds is 9. The van der Waals surface area contributed by atoms with Crippen LogP contribution in [0.1, 0.15) is 58.8 Å². The van der Waals surface area contributed by atoms with E-state index in [1.807, 2.05) is 0 Å². The van der Waals surface area contributed by atoms with Crippen molar-refractivity contribution in [2.75, 3.05) is 6.61 Å². The summed E-state index contributed by atoms with van der Waals surface area (Å²) in [5.41, 5.74) is 0. The van der Waals surface area contributed by atoms with Gasteiger partial charge in [-0.05, 0) is 19.8 Å². The highest BCUT2D eigenvalue weighted by Crippen LogP contribution is 2.11. The first-order valence-electron chi connectivity index (χ1n) is 5.76. The van der Waals surface area contributed by atoms with Gasteiger partial charge in [0, 0.05) is 6.61 Å². The third-order valence-electron chi connectivity index (χ3n) is 2.35. The van der Waals surface area contributed by atoms with E-state index in [0.717, 1.165) is 13.0 Å². The molecule has 0 fully saturated rings. The van der Waals surface area contributed by atoms with E-state index in [1.54, 1.807) is 0 Å². The van der Waals surface area contributed by atoms with Crippen LogP contribution in [0.4, 0.5) is 0 Å². The van der Waals surface area contributed by atoms with Crippen LogP contribution in [0.5, 0.6) is 0 Å². The first kappa shape index (κ1) is 13.0. The summed E-state index contributed by atoms with van der Waals surface area (Å²) in [5, 5.41) is 0. The average Bonchev–Trinajstić information content (AvgIpc) is 2.16. The zero-order chi connectivity index (χ0) is 9.94. The number of hydrogen-bond acceptors (Lipinski definition) is 1. The van der Waals surface area contributed by atoms with Gasteiger partial charge < -0.3 is 4.74 Å². The van der Waals surface area contributed by atoms with Crippen LogP contribution < -0.4 is 0 Å². The molecule has 0 amide bonds. The predicted octanol–water partition coefficient (Wildman–Crippen LogP) is 3.98. The SMILES string of the molecule is [CH2]CC(CCCCCCC)OCC. The summed E-state index contributed by atoms with van der Waals surface area (Å²) < 4.78 is 5.54. The minimum Gasteiger partial charge on any atom is -0.379 e. The highest BCUT2D eigenvalue weighted by Gasteiger charge is 2.03. The van der Waals surface area contributed by atoms with Crippen LogP contribution in [-0.4, -0.2) is 12.7 Å². The maximum absolute atomic E-state index is 5.54. The molecule has 1 nitrogen and oxygen atoms in total. The summed E-state index contributed by atoms with van der Waals surface area (Å²) in [4.78, 5) is 0. The van der Waals surface area contributed by atoms with Crippen LogP contribution in [0.25, 0.3) is 0 Å². The molecule has 0 saturated carbocycles. The third kappa shape index (κ3) is 8.29. The summed E-state index contributed by atoms with van der Waals surface area (Å²) in [6.07, 6.45) is 9.27. The Morgan fingerprint density at radius 3 is 2.31 bits per heavy atom. The highest BCUT2D eigenvalue weighted by atomic mass is 16.5. The maximum Gasteiger partial charge on any atom is 0.0575 e. The minimum absolute atomic E-state index is 0.409. The molecular weight excluding hydrogens is 160 g/mol. The first-order chi connectivity index (χ1) is 6.35. The van der Waals surface area contributed by atoms with E-state index < -0.39 is 0 Å². The number of unbranched alkanes of at least 4 members (excludes halogenated alkanes) is 4. The predicted molar refractivity (Wildman–Crippen MR) is 58.8 cm³/mol. The lowest BCUT2D eigenvalue weighted by Gasteiger charge is -2.14. The Morgan fingerprint density at radius 1 is 1.08 bits per heavy atom. The molecule has 0 heterocycles. The molecule has 0 bridgehead atoms. The second-order valence-electron chi connectivity index (χ2n) is 3.57. The number of hydrogen-bond donors (Lipinski definition) is 0.